The summed E-state index contributed by atoms with van der Waals surface area (Å²) in [5.41, 5.74) is 0.868. The Bertz CT molecular complexity index is 1640. The fourth-order valence-electron chi connectivity index (χ4n) is 4.42. The lowest BCUT2D eigenvalue weighted by Crippen LogP contribution is -2.44. The molecular weight excluding hydrogens is 528 g/mol. The zero-order valence-electron chi connectivity index (χ0n) is 23.9. The number of aromatic nitrogens is 2. The van der Waals surface area contributed by atoms with E-state index >= 15 is 0 Å². The second-order valence-electron chi connectivity index (χ2n) is 11.4. The fraction of sp³-hybridized carbons (Fsp3) is 0.433. The van der Waals surface area contributed by atoms with Crippen LogP contribution in [0.25, 0.3) is 21.0 Å². The van der Waals surface area contributed by atoms with Crippen molar-refractivity contribution in [2.24, 2.45) is 0 Å². The number of fused-ring (bicyclic) bond motifs is 2. The molecule has 0 fully saturated rings. The van der Waals surface area contributed by atoms with E-state index in [0.29, 0.717) is 33.6 Å². The van der Waals surface area contributed by atoms with E-state index in [1.165, 1.54) is 4.57 Å². The molecule has 4 rings (SSSR count). The van der Waals surface area contributed by atoms with E-state index in [1.807, 2.05) is 12.1 Å². The first-order valence-electron chi connectivity index (χ1n) is 13.4. The van der Waals surface area contributed by atoms with Crippen LogP contribution < -0.4 is 11.2 Å². The lowest BCUT2D eigenvalue weighted by atomic mass is 10.1. The Morgan fingerprint density at radius 2 is 1.69 bits per heavy atom. The van der Waals surface area contributed by atoms with Crippen LogP contribution in [0.1, 0.15) is 48.5 Å². The van der Waals surface area contributed by atoms with Crippen molar-refractivity contribution in [2.45, 2.75) is 72.3 Å². The maximum Gasteiger partial charge on any atom is 0.348 e. The van der Waals surface area contributed by atoms with Crippen molar-refractivity contribution in [1.82, 2.24) is 9.13 Å². The van der Waals surface area contributed by atoms with Gasteiger partial charge in [0.25, 0.3) is 5.56 Å². The highest BCUT2D eigenvalue weighted by atomic mass is 32.1. The van der Waals surface area contributed by atoms with Gasteiger partial charge in [0.15, 0.2) is 8.32 Å². The summed E-state index contributed by atoms with van der Waals surface area (Å²) in [6.45, 7) is 15.3. The molecule has 0 aliphatic heterocycles. The van der Waals surface area contributed by atoms with Gasteiger partial charge in [0.05, 0.1) is 25.1 Å². The van der Waals surface area contributed by atoms with E-state index < -0.39 is 14.3 Å². The van der Waals surface area contributed by atoms with Gasteiger partial charge in [-0.2, -0.15) is 0 Å². The van der Waals surface area contributed by atoms with Crippen molar-refractivity contribution in [3.63, 3.8) is 0 Å². The molecule has 4 aromatic rings. The van der Waals surface area contributed by atoms with E-state index in [2.05, 4.69) is 64.2 Å². The molecule has 9 heteroatoms. The molecule has 0 unspecified atom stereocenters. The van der Waals surface area contributed by atoms with Crippen LogP contribution in [0, 0.1) is 6.92 Å². The van der Waals surface area contributed by atoms with Gasteiger partial charge in [-0.1, -0.05) is 63.2 Å². The maximum absolute atomic E-state index is 13.8. The van der Waals surface area contributed by atoms with Crippen molar-refractivity contribution in [3.05, 3.63) is 79.3 Å². The minimum absolute atomic E-state index is 0.0143. The molecule has 0 atom stereocenters. The molecule has 0 N–H and O–H groups in total. The standard InChI is InChI=1S/C30H38N2O5SSi/c1-8-36-28(34)25-20(2)24-26(33)31(17-18-37-39(6,7)30(3,4)5)29(35)32(27(24)38-25)16-15-21-13-14-22-11-9-10-12-23(22)19-21/h9-14,19H,8,15-18H2,1-7H3. The number of aryl methyl sites for hydroxylation is 3. The highest BCUT2D eigenvalue weighted by Gasteiger charge is 2.37. The molecule has 0 saturated heterocycles. The maximum atomic E-state index is 13.8. The van der Waals surface area contributed by atoms with Crippen molar-refractivity contribution >= 4 is 46.6 Å². The van der Waals surface area contributed by atoms with Gasteiger partial charge in [0.1, 0.15) is 9.71 Å². The Hall–Kier alpha value is -3.01. The van der Waals surface area contributed by atoms with Crippen molar-refractivity contribution in [2.75, 3.05) is 13.2 Å². The van der Waals surface area contributed by atoms with Crippen LogP contribution in [-0.4, -0.2) is 36.6 Å². The zero-order chi connectivity index (χ0) is 28.5. The third kappa shape index (κ3) is 5.80. The SMILES string of the molecule is CCOC(=O)c1sc2c(c1C)c(=O)n(CCO[Si](C)(C)C(C)(C)C)c(=O)n2CCc1ccc2ccccc2c1. The number of hydrogen-bond donors (Lipinski definition) is 0. The van der Waals surface area contributed by atoms with Crippen LogP contribution in [0.15, 0.2) is 52.1 Å². The van der Waals surface area contributed by atoms with Gasteiger partial charge in [-0.15, -0.1) is 11.3 Å². The first-order chi connectivity index (χ1) is 18.4. The fourth-order valence-corrected chi connectivity index (χ4v) is 6.67. The topological polar surface area (TPSA) is 79.5 Å². The quantitative estimate of drug-likeness (QED) is 0.180. The van der Waals surface area contributed by atoms with Gasteiger partial charge in [-0.05, 0) is 60.3 Å². The summed E-state index contributed by atoms with van der Waals surface area (Å²) in [7, 11) is -2.06. The average molecular weight is 567 g/mol. The molecule has 0 bridgehead atoms. The highest BCUT2D eigenvalue weighted by molar-refractivity contribution is 7.20. The van der Waals surface area contributed by atoms with Crippen LogP contribution in [0.4, 0.5) is 0 Å². The van der Waals surface area contributed by atoms with Gasteiger partial charge < -0.3 is 9.16 Å². The molecule has 0 spiro atoms. The number of rotatable bonds is 9. The predicted molar refractivity (Wildman–Crippen MR) is 162 cm³/mol. The van der Waals surface area contributed by atoms with E-state index in [0.717, 1.165) is 27.7 Å². The number of thiophene rings is 1. The summed E-state index contributed by atoms with van der Waals surface area (Å²) >= 11 is 1.16. The average Bonchev–Trinajstić information content (AvgIpc) is 3.22. The van der Waals surface area contributed by atoms with Crippen LogP contribution >= 0.6 is 11.3 Å². The Morgan fingerprint density at radius 1 is 1.00 bits per heavy atom. The number of hydrogen-bond acceptors (Lipinski definition) is 6. The summed E-state index contributed by atoms with van der Waals surface area (Å²) in [5, 5.41) is 2.70. The van der Waals surface area contributed by atoms with E-state index in [4.69, 9.17) is 9.16 Å². The van der Waals surface area contributed by atoms with Crippen molar-refractivity contribution in [1.29, 1.82) is 0 Å². The molecular formula is C30H38N2O5SSi. The van der Waals surface area contributed by atoms with Crippen LogP contribution in [0.3, 0.4) is 0 Å². The Kier molecular flexibility index (Phi) is 8.35. The minimum Gasteiger partial charge on any atom is -0.462 e. The Morgan fingerprint density at radius 3 is 2.36 bits per heavy atom. The third-order valence-electron chi connectivity index (χ3n) is 7.78. The highest BCUT2D eigenvalue weighted by Crippen LogP contribution is 2.36. The third-order valence-corrected chi connectivity index (χ3v) is 13.6. The van der Waals surface area contributed by atoms with E-state index in [-0.39, 0.29) is 36.0 Å². The zero-order valence-corrected chi connectivity index (χ0v) is 25.7. The molecule has 0 aliphatic carbocycles. The molecule has 0 radical (unpaired) electrons. The number of nitrogens with zero attached hydrogens (tertiary/aromatic N) is 2. The Labute approximate surface area is 234 Å². The molecule has 39 heavy (non-hydrogen) atoms. The molecule has 0 amide bonds. The number of carbonyl (C=O) groups excluding carboxylic acids is 1. The second-order valence-corrected chi connectivity index (χ2v) is 17.2. The van der Waals surface area contributed by atoms with Gasteiger partial charge >= 0.3 is 11.7 Å². The lowest BCUT2D eigenvalue weighted by molar-refractivity contribution is 0.0531. The van der Waals surface area contributed by atoms with Crippen LogP contribution in [0.5, 0.6) is 0 Å². The molecule has 208 valence electrons. The smallest absolute Gasteiger partial charge is 0.348 e. The summed E-state index contributed by atoms with van der Waals surface area (Å²) < 4.78 is 14.4. The summed E-state index contributed by atoms with van der Waals surface area (Å²) in [6.07, 6.45) is 0.601. The van der Waals surface area contributed by atoms with Gasteiger partial charge in [0, 0.05) is 6.54 Å². The largest absolute Gasteiger partial charge is 0.462 e. The van der Waals surface area contributed by atoms with Crippen LogP contribution in [0.2, 0.25) is 18.1 Å². The number of benzene rings is 2. The number of esters is 1. The summed E-state index contributed by atoms with van der Waals surface area (Å²) in [6, 6.07) is 14.4. The monoisotopic (exact) mass is 566 g/mol. The first kappa shape index (κ1) is 29.0. The number of ether oxygens (including phenoxy) is 1. The van der Waals surface area contributed by atoms with Gasteiger partial charge in [0.2, 0.25) is 0 Å². The lowest BCUT2D eigenvalue weighted by Gasteiger charge is -2.36. The van der Waals surface area contributed by atoms with Crippen molar-refractivity contribution < 1.29 is 14.0 Å². The van der Waals surface area contributed by atoms with Gasteiger partial charge in [-0.3, -0.25) is 13.9 Å². The van der Waals surface area contributed by atoms with E-state index in [1.54, 1.807) is 18.4 Å². The van der Waals surface area contributed by atoms with Gasteiger partial charge in [-0.25, -0.2) is 9.59 Å². The van der Waals surface area contributed by atoms with E-state index in [9.17, 15) is 14.4 Å². The summed E-state index contributed by atoms with van der Waals surface area (Å²) in [4.78, 5) is 41.0. The molecule has 7 nitrogen and oxygen atoms in total. The molecule has 0 saturated carbocycles. The van der Waals surface area contributed by atoms with Crippen molar-refractivity contribution in [3.8, 4) is 0 Å². The second kappa shape index (κ2) is 11.2. The normalized spacial score (nSPS) is 12.4. The molecule has 2 aromatic heterocycles. The molecule has 2 aromatic carbocycles. The molecule has 0 aliphatic rings. The first-order valence-corrected chi connectivity index (χ1v) is 17.1. The molecule has 2 heterocycles. The predicted octanol–water partition coefficient (Wildman–Crippen LogP) is 6.13. The summed E-state index contributed by atoms with van der Waals surface area (Å²) in [5.74, 6) is -0.475. The number of carbonyl (C=O) groups is 1. The Balaban J connectivity index is 1.76. The minimum atomic E-state index is -2.06. The van der Waals surface area contributed by atoms with Crippen LogP contribution in [-0.2, 0) is 28.7 Å².